The Balaban J connectivity index is 1.70. The monoisotopic (exact) mass is 348 g/mol. The zero-order valence-corrected chi connectivity index (χ0v) is 15.2. The van der Waals surface area contributed by atoms with Gasteiger partial charge in [0.25, 0.3) is 0 Å². The number of likely N-dealkylation sites (N-methyl/N-ethyl adjacent to an activating group) is 1. The second-order valence-electron chi connectivity index (χ2n) is 6.28. The first-order valence-electron chi connectivity index (χ1n) is 8.56. The van der Waals surface area contributed by atoms with Crippen molar-refractivity contribution in [3.63, 3.8) is 0 Å². The average molecular weight is 348 g/mol. The van der Waals surface area contributed by atoms with Gasteiger partial charge in [-0.2, -0.15) is 0 Å². The molecule has 0 bridgehead atoms. The summed E-state index contributed by atoms with van der Waals surface area (Å²) in [5, 5.41) is 4.58. The van der Waals surface area contributed by atoms with Crippen molar-refractivity contribution in [2.75, 3.05) is 43.4 Å². The highest BCUT2D eigenvalue weighted by molar-refractivity contribution is 7.11. The zero-order chi connectivity index (χ0) is 16.9. The van der Waals surface area contributed by atoms with Crippen LogP contribution in [0.15, 0.2) is 24.4 Å². The summed E-state index contributed by atoms with van der Waals surface area (Å²) < 4.78 is 13.7. The van der Waals surface area contributed by atoms with E-state index >= 15 is 0 Å². The number of piperazine rings is 1. The molecule has 24 heavy (non-hydrogen) atoms. The molecule has 1 aliphatic rings. The van der Waals surface area contributed by atoms with Gasteiger partial charge in [0, 0.05) is 37.3 Å². The van der Waals surface area contributed by atoms with E-state index in [1.54, 1.807) is 23.5 Å². The fourth-order valence-electron chi connectivity index (χ4n) is 2.91. The molecule has 130 valence electrons. The van der Waals surface area contributed by atoms with Crippen LogP contribution in [-0.4, -0.2) is 43.1 Å². The fraction of sp³-hybridized carbons (Fsp3) is 0.500. The largest absolute Gasteiger partial charge is 0.378 e. The Kier molecular flexibility index (Phi) is 5.68. The Morgan fingerprint density at radius 3 is 2.79 bits per heavy atom. The predicted octanol–water partition coefficient (Wildman–Crippen LogP) is 3.60. The molecule has 1 aromatic heterocycles. The molecule has 0 saturated carbocycles. The fourth-order valence-corrected chi connectivity index (χ4v) is 3.88. The van der Waals surface area contributed by atoms with Gasteiger partial charge in [0.15, 0.2) is 0 Å². The molecule has 3 rings (SSSR count). The van der Waals surface area contributed by atoms with E-state index in [1.807, 2.05) is 12.3 Å². The number of hydrogen-bond acceptors (Lipinski definition) is 5. The summed E-state index contributed by atoms with van der Waals surface area (Å²) in [6.07, 6.45) is 4.06. The van der Waals surface area contributed by atoms with Crippen LogP contribution in [0.3, 0.4) is 0 Å². The Morgan fingerprint density at radius 1 is 1.25 bits per heavy atom. The summed E-state index contributed by atoms with van der Waals surface area (Å²) in [6.45, 7) is 6.86. The first kappa shape index (κ1) is 17.2. The van der Waals surface area contributed by atoms with Gasteiger partial charge in [-0.3, -0.25) is 0 Å². The van der Waals surface area contributed by atoms with Crippen molar-refractivity contribution in [3.8, 4) is 0 Å². The lowest BCUT2D eigenvalue weighted by Gasteiger charge is -2.35. The molecule has 0 radical (unpaired) electrons. The summed E-state index contributed by atoms with van der Waals surface area (Å²) >= 11 is 1.74. The molecule has 0 aliphatic carbocycles. The van der Waals surface area contributed by atoms with Gasteiger partial charge in [-0.25, -0.2) is 9.37 Å². The van der Waals surface area contributed by atoms with E-state index in [0.717, 1.165) is 50.4 Å². The predicted molar refractivity (Wildman–Crippen MR) is 99.5 cm³/mol. The van der Waals surface area contributed by atoms with Gasteiger partial charge in [0.2, 0.25) is 0 Å². The van der Waals surface area contributed by atoms with E-state index in [9.17, 15) is 4.39 Å². The third kappa shape index (κ3) is 4.24. The van der Waals surface area contributed by atoms with Crippen LogP contribution in [0.1, 0.15) is 23.2 Å². The Morgan fingerprint density at radius 2 is 2.04 bits per heavy atom. The number of halogens is 1. The van der Waals surface area contributed by atoms with Crippen molar-refractivity contribution < 1.29 is 4.39 Å². The topological polar surface area (TPSA) is 31.4 Å². The molecule has 1 N–H and O–H groups in total. The molecule has 2 heterocycles. The van der Waals surface area contributed by atoms with Gasteiger partial charge in [-0.1, -0.05) is 6.92 Å². The third-order valence-corrected chi connectivity index (χ3v) is 5.38. The van der Waals surface area contributed by atoms with Crippen LogP contribution in [0, 0.1) is 5.82 Å². The highest BCUT2D eigenvalue weighted by Gasteiger charge is 2.17. The molecule has 0 unspecified atom stereocenters. The molecule has 1 fully saturated rings. The highest BCUT2D eigenvalue weighted by atomic mass is 32.1. The van der Waals surface area contributed by atoms with Crippen LogP contribution in [0.4, 0.5) is 15.8 Å². The molecule has 0 amide bonds. The van der Waals surface area contributed by atoms with Crippen LogP contribution in [0.2, 0.25) is 0 Å². The second-order valence-corrected chi connectivity index (χ2v) is 7.48. The minimum Gasteiger partial charge on any atom is -0.378 e. The normalized spacial score (nSPS) is 15.7. The molecule has 6 heteroatoms. The number of thiazole rings is 1. The maximum Gasteiger partial charge on any atom is 0.125 e. The van der Waals surface area contributed by atoms with Gasteiger partial charge in [0.05, 0.1) is 22.9 Å². The molecule has 0 atom stereocenters. The number of hydrogen-bond donors (Lipinski definition) is 1. The molecular weight excluding hydrogens is 323 g/mol. The number of rotatable bonds is 6. The van der Waals surface area contributed by atoms with Gasteiger partial charge in [-0.15, -0.1) is 11.3 Å². The van der Waals surface area contributed by atoms with Crippen LogP contribution in [-0.2, 0) is 13.0 Å². The minimum atomic E-state index is -0.202. The average Bonchev–Trinajstić information content (AvgIpc) is 3.02. The summed E-state index contributed by atoms with van der Waals surface area (Å²) in [6, 6.07) is 5.03. The minimum absolute atomic E-state index is 0.202. The standard InChI is InChI=1S/C18H25FN4S/c1-3-4-18-21-13-15(24-18)12-20-16-11-14(19)5-6-17(16)23-9-7-22(2)8-10-23/h5-6,11,13,20H,3-4,7-10,12H2,1-2H3. The van der Waals surface area contributed by atoms with Crippen LogP contribution >= 0.6 is 11.3 Å². The van der Waals surface area contributed by atoms with Gasteiger partial charge in [-0.05, 0) is 38.1 Å². The summed E-state index contributed by atoms with van der Waals surface area (Å²) in [5.41, 5.74) is 1.95. The lowest BCUT2D eigenvalue weighted by Crippen LogP contribution is -2.44. The van der Waals surface area contributed by atoms with Crippen molar-refractivity contribution in [1.29, 1.82) is 0 Å². The van der Waals surface area contributed by atoms with Crippen LogP contribution in [0.5, 0.6) is 0 Å². The number of anilines is 2. The maximum atomic E-state index is 13.7. The SMILES string of the molecule is CCCc1ncc(CNc2cc(F)ccc2N2CCN(C)CC2)s1. The summed E-state index contributed by atoms with van der Waals surface area (Å²) in [4.78, 5) is 10.3. The Hall–Kier alpha value is -1.66. The molecule has 4 nitrogen and oxygen atoms in total. The maximum absolute atomic E-state index is 13.7. The number of nitrogens with zero attached hydrogens (tertiary/aromatic N) is 3. The lowest BCUT2D eigenvalue weighted by molar-refractivity contribution is 0.313. The lowest BCUT2D eigenvalue weighted by atomic mass is 10.2. The number of aryl methyl sites for hydroxylation is 1. The van der Waals surface area contributed by atoms with Crippen molar-refractivity contribution in [2.24, 2.45) is 0 Å². The summed E-state index contributed by atoms with van der Waals surface area (Å²) in [5.74, 6) is -0.202. The first-order valence-corrected chi connectivity index (χ1v) is 9.38. The Labute approximate surface area is 147 Å². The van der Waals surface area contributed by atoms with Crippen LogP contribution in [0.25, 0.3) is 0 Å². The molecular formula is C18H25FN4S. The molecule has 1 aliphatic heterocycles. The second kappa shape index (κ2) is 7.94. The van der Waals surface area contributed by atoms with Gasteiger partial charge in [0.1, 0.15) is 5.82 Å². The number of benzene rings is 1. The molecule has 1 saturated heterocycles. The van der Waals surface area contributed by atoms with Crippen molar-refractivity contribution in [2.45, 2.75) is 26.3 Å². The zero-order valence-electron chi connectivity index (χ0n) is 14.4. The van der Waals surface area contributed by atoms with E-state index in [1.165, 1.54) is 9.88 Å². The molecule has 0 spiro atoms. The quantitative estimate of drug-likeness (QED) is 0.864. The molecule has 2 aromatic rings. The van der Waals surface area contributed by atoms with Gasteiger partial charge < -0.3 is 15.1 Å². The Bertz CT molecular complexity index is 665. The van der Waals surface area contributed by atoms with E-state index < -0.39 is 0 Å². The van der Waals surface area contributed by atoms with Crippen molar-refractivity contribution in [3.05, 3.63) is 40.1 Å². The van der Waals surface area contributed by atoms with E-state index in [2.05, 4.69) is 34.1 Å². The highest BCUT2D eigenvalue weighted by Crippen LogP contribution is 2.28. The van der Waals surface area contributed by atoms with Crippen molar-refractivity contribution in [1.82, 2.24) is 9.88 Å². The van der Waals surface area contributed by atoms with Crippen LogP contribution < -0.4 is 10.2 Å². The molecule has 1 aromatic carbocycles. The number of aromatic nitrogens is 1. The third-order valence-electron chi connectivity index (χ3n) is 4.32. The van der Waals surface area contributed by atoms with E-state index in [-0.39, 0.29) is 5.82 Å². The number of nitrogens with one attached hydrogen (secondary N) is 1. The summed E-state index contributed by atoms with van der Waals surface area (Å²) in [7, 11) is 2.14. The van der Waals surface area contributed by atoms with E-state index in [0.29, 0.717) is 6.54 Å². The van der Waals surface area contributed by atoms with Gasteiger partial charge >= 0.3 is 0 Å². The smallest absolute Gasteiger partial charge is 0.125 e. The first-order chi connectivity index (χ1) is 11.7. The van der Waals surface area contributed by atoms with E-state index in [4.69, 9.17) is 0 Å². The van der Waals surface area contributed by atoms with Crippen molar-refractivity contribution >= 4 is 22.7 Å².